The summed E-state index contributed by atoms with van der Waals surface area (Å²) >= 11 is 3.46. The fourth-order valence-electron chi connectivity index (χ4n) is 3.01. The summed E-state index contributed by atoms with van der Waals surface area (Å²) in [7, 11) is 0. The van der Waals surface area contributed by atoms with Crippen LogP contribution in [0.1, 0.15) is 23.1 Å². The van der Waals surface area contributed by atoms with Crippen molar-refractivity contribution in [1.82, 2.24) is 19.2 Å². The second-order valence-electron chi connectivity index (χ2n) is 5.69. The van der Waals surface area contributed by atoms with Gasteiger partial charge in [0.25, 0.3) is 5.91 Å². The van der Waals surface area contributed by atoms with Crippen molar-refractivity contribution < 1.29 is 9.90 Å². The van der Waals surface area contributed by atoms with E-state index in [9.17, 15) is 4.79 Å². The molecule has 1 aliphatic rings. The van der Waals surface area contributed by atoms with Crippen molar-refractivity contribution in [2.45, 2.75) is 13.3 Å². The van der Waals surface area contributed by atoms with Crippen LogP contribution in [0.2, 0.25) is 0 Å². The fraction of sp³-hybridized carbons (Fsp3) is 0.500. The third kappa shape index (κ3) is 3.27. The highest BCUT2D eigenvalue weighted by Gasteiger charge is 2.26. The maximum atomic E-state index is 13.0. The van der Waals surface area contributed by atoms with Crippen LogP contribution in [0.25, 0.3) is 5.65 Å². The minimum atomic E-state index is 0.0381. The van der Waals surface area contributed by atoms with Crippen LogP contribution in [0.15, 0.2) is 22.8 Å². The number of carbonyl (C=O) groups is 1. The normalized spacial score (nSPS) is 16.2. The Balaban J connectivity index is 1.87. The molecule has 0 unspecified atom stereocenters. The molecule has 1 fully saturated rings. The van der Waals surface area contributed by atoms with Crippen molar-refractivity contribution in [1.29, 1.82) is 0 Å². The van der Waals surface area contributed by atoms with E-state index in [2.05, 4.69) is 25.8 Å². The van der Waals surface area contributed by atoms with Crippen LogP contribution in [0.5, 0.6) is 0 Å². The monoisotopic (exact) mass is 380 g/mol. The summed E-state index contributed by atoms with van der Waals surface area (Å²) in [5, 5.41) is 9.02. The summed E-state index contributed by atoms with van der Waals surface area (Å²) in [5.41, 5.74) is 2.30. The molecule has 6 nitrogen and oxygen atoms in total. The predicted octanol–water partition coefficient (Wildman–Crippen LogP) is 1.41. The van der Waals surface area contributed by atoms with Gasteiger partial charge in [-0.15, -0.1) is 0 Å². The molecule has 0 aromatic carbocycles. The van der Waals surface area contributed by atoms with Crippen molar-refractivity contribution in [3.63, 3.8) is 0 Å². The second-order valence-corrected chi connectivity index (χ2v) is 6.61. The van der Waals surface area contributed by atoms with Gasteiger partial charge in [0.05, 0.1) is 12.3 Å². The molecule has 3 rings (SSSR count). The number of amides is 1. The number of aliphatic hydroxyl groups is 1. The van der Waals surface area contributed by atoms with Crippen LogP contribution in [0, 0.1) is 0 Å². The number of pyridine rings is 1. The molecule has 1 saturated heterocycles. The number of fused-ring (bicyclic) bond motifs is 1. The Bertz CT molecular complexity index is 707. The summed E-state index contributed by atoms with van der Waals surface area (Å²) in [6.07, 6.45) is 2.63. The zero-order chi connectivity index (χ0) is 16.4. The second kappa shape index (κ2) is 6.98. The number of piperazine rings is 1. The quantitative estimate of drug-likeness (QED) is 0.870. The number of halogens is 1. The maximum Gasteiger partial charge on any atom is 0.272 e. The molecule has 0 spiro atoms. The van der Waals surface area contributed by atoms with E-state index in [1.54, 1.807) is 0 Å². The molecule has 1 amide bonds. The van der Waals surface area contributed by atoms with E-state index in [-0.39, 0.29) is 12.5 Å². The Hall–Kier alpha value is -1.44. The van der Waals surface area contributed by atoms with Gasteiger partial charge in [-0.05, 0) is 34.5 Å². The summed E-state index contributed by atoms with van der Waals surface area (Å²) in [4.78, 5) is 21.7. The van der Waals surface area contributed by atoms with Crippen molar-refractivity contribution in [2.24, 2.45) is 0 Å². The van der Waals surface area contributed by atoms with Gasteiger partial charge in [-0.1, -0.05) is 6.92 Å². The number of aliphatic hydroxyl groups excluding tert-OH is 1. The highest BCUT2D eigenvalue weighted by atomic mass is 79.9. The molecule has 1 N–H and O–H groups in total. The Labute approximate surface area is 143 Å². The largest absolute Gasteiger partial charge is 0.395 e. The minimum absolute atomic E-state index is 0.0381. The van der Waals surface area contributed by atoms with E-state index >= 15 is 0 Å². The number of hydrogen-bond acceptors (Lipinski definition) is 4. The average Bonchev–Trinajstić information content (AvgIpc) is 2.93. The van der Waals surface area contributed by atoms with Gasteiger partial charge in [-0.2, -0.15) is 0 Å². The lowest BCUT2D eigenvalue weighted by Crippen LogP contribution is -2.49. The van der Waals surface area contributed by atoms with E-state index in [4.69, 9.17) is 5.11 Å². The van der Waals surface area contributed by atoms with Crippen molar-refractivity contribution in [3.05, 3.63) is 34.2 Å². The third-order valence-electron chi connectivity index (χ3n) is 4.27. The lowest BCUT2D eigenvalue weighted by Gasteiger charge is -2.34. The molecule has 124 valence electrons. The molecule has 2 aromatic rings. The Morgan fingerprint density at radius 2 is 2.04 bits per heavy atom. The van der Waals surface area contributed by atoms with Crippen LogP contribution in [-0.2, 0) is 6.42 Å². The molecule has 23 heavy (non-hydrogen) atoms. The SMILES string of the molecule is CCc1nc2ccc(Br)cn2c1C(=O)N1CCN(CCO)CC1. The first kappa shape index (κ1) is 16.4. The van der Waals surface area contributed by atoms with Crippen LogP contribution < -0.4 is 0 Å². The van der Waals surface area contributed by atoms with Crippen molar-refractivity contribution in [3.8, 4) is 0 Å². The first-order valence-corrected chi connectivity index (χ1v) is 8.72. The summed E-state index contributed by atoms with van der Waals surface area (Å²) in [6, 6.07) is 3.85. The standard InChI is InChI=1S/C16H21BrN4O2/c1-2-13-15(21-11-12(17)3-4-14(21)18-13)16(23)20-7-5-19(6-8-20)9-10-22/h3-4,11,22H,2,5-10H2,1H3. The van der Waals surface area contributed by atoms with E-state index in [1.807, 2.05) is 34.6 Å². The number of imidazole rings is 1. The minimum Gasteiger partial charge on any atom is -0.395 e. The van der Waals surface area contributed by atoms with Gasteiger partial charge < -0.3 is 10.0 Å². The highest BCUT2D eigenvalue weighted by molar-refractivity contribution is 9.10. The van der Waals surface area contributed by atoms with E-state index in [1.165, 1.54) is 0 Å². The van der Waals surface area contributed by atoms with E-state index in [0.29, 0.717) is 25.3 Å². The van der Waals surface area contributed by atoms with Gasteiger partial charge in [0, 0.05) is 43.4 Å². The molecule has 2 aromatic heterocycles. The molecule has 0 atom stereocenters. The third-order valence-corrected chi connectivity index (χ3v) is 4.74. The topological polar surface area (TPSA) is 61.1 Å². The van der Waals surface area contributed by atoms with Gasteiger partial charge in [-0.25, -0.2) is 4.98 Å². The number of nitrogens with zero attached hydrogens (tertiary/aromatic N) is 4. The molecule has 1 aliphatic heterocycles. The van der Waals surface area contributed by atoms with Crippen LogP contribution in [0.3, 0.4) is 0 Å². The Kier molecular flexibility index (Phi) is 4.99. The summed E-state index contributed by atoms with van der Waals surface area (Å²) in [6.45, 7) is 5.82. The number of carbonyl (C=O) groups excluding carboxylic acids is 1. The van der Waals surface area contributed by atoms with E-state index in [0.717, 1.165) is 35.3 Å². The zero-order valence-electron chi connectivity index (χ0n) is 13.2. The Morgan fingerprint density at radius 1 is 1.30 bits per heavy atom. The molecular formula is C16H21BrN4O2. The number of aryl methyl sites for hydroxylation is 1. The zero-order valence-corrected chi connectivity index (χ0v) is 14.8. The molecule has 0 bridgehead atoms. The van der Waals surface area contributed by atoms with Crippen molar-refractivity contribution >= 4 is 27.5 Å². The smallest absolute Gasteiger partial charge is 0.272 e. The number of β-amino-alcohol motifs (C(OH)–C–C–N with tert-alkyl or cyclic N) is 1. The first-order chi connectivity index (χ1) is 11.1. The van der Waals surface area contributed by atoms with Crippen LogP contribution >= 0.6 is 15.9 Å². The molecule has 0 saturated carbocycles. The van der Waals surface area contributed by atoms with Gasteiger partial charge >= 0.3 is 0 Å². The number of rotatable bonds is 4. The first-order valence-electron chi connectivity index (χ1n) is 7.93. The lowest BCUT2D eigenvalue weighted by atomic mass is 10.2. The van der Waals surface area contributed by atoms with Gasteiger partial charge in [-0.3, -0.25) is 14.1 Å². The van der Waals surface area contributed by atoms with Gasteiger partial charge in [0.2, 0.25) is 0 Å². The fourth-order valence-corrected chi connectivity index (χ4v) is 3.34. The summed E-state index contributed by atoms with van der Waals surface area (Å²) in [5.74, 6) is 0.0381. The van der Waals surface area contributed by atoms with Crippen molar-refractivity contribution in [2.75, 3.05) is 39.3 Å². The summed E-state index contributed by atoms with van der Waals surface area (Å²) < 4.78 is 2.80. The highest BCUT2D eigenvalue weighted by Crippen LogP contribution is 2.20. The number of aromatic nitrogens is 2. The number of hydrogen-bond donors (Lipinski definition) is 1. The van der Waals surface area contributed by atoms with Crippen LogP contribution in [0.4, 0.5) is 0 Å². The van der Waals surface area contributed by atoms with Crippen LogP contribution in [-0.4, -0.2) is 69.5 Å². The Morgan fingerprint density at radius 3 is 2.70 bits per heavy atom. The molecule has 0 radical (unpaired) electrons. The molecular weight excluding hydrogens is 360 g/mol. The molecule has 7 heteroatoms. The predicted molar refractivity (Wildman–Crippen MR) is 91.7 cm³/mol. The molecule has 0 aliphatic carbocycles. The van der Waals surface area contributed by atoms with E-state index < -0.39 is 0 Å². The van der Waals surface area contributed by atoms with Gasteiger partial charge in [0.1, 0.15) is 11.3 Å². The average molecular weight is 381 g/mol. The maximum absolute atomic E-state index is 13.0. The van der Waals surface area contributed by atoms with Gasteiger partial charge in [0.15, 0.2) is 0 Å². The lowest BCUT2D eigenvalue weighted by molar-refractivity contribution is 0.0607. The molecule has 3 heterocycles.